The molecule has 0 spiro atoms. The van der Waals surface area contributed by atoms with Crippen molar-refractivity contribution in [1.82, 2.24) is 0 Å². The smallest absolute Gasteiger partial charge is 0.161 e. The highest BCUT2D eigenvalue weighted by atomic mass is 28.2. The van der Waals surface area contributed by atoms with Gasteiger partial charge in [0, 0.05) is 6.61 Å². The van der Waals surface area contributed by atoms with E-state index in [1.165, 1.54) is 31.7 Å². The molecular formula is C8H18OSi. The molecule has 0 heterocycles. The second-order valence-corrected chi connectivity index (χ2v) is 4.53. The van der Waals surface area contributed by atoms with Gasteiger partial charge in [-0.1, -0.05) is 25.7 Å². The lowest BCUT2D eigenvalue weighted by Gasteiger charge is -2.06. The fraction of sp³-hybridized carbons (Fsp3) is 1.00. The van der Waals surface area contributed by atoms with E-state index in [4.69, 9.17) is 4.43 Å². The molecule has 0 aromatic rings. The third-order valence-electron chi connectivity index (χ3n) is 2.35. The molecule has 1 aliphatic carbocycles. The average Bonchev–Trinajstić information content (AvgIpc) is 2.41. The number of rotatable bonds is 4. The Kier molecular flexibility index (Phi) is 4.06. The molecule has 2 heteroatoms. The van der Waals surface area contributed by atoms with Gasteiger partial charge in [0.1, 0.15) is 0 Å². The second kappa shape index (κ2) is 4.91. The van der Waals surface area contributed by atoms with E-state index in [9.17, 15) is 0 Å². The Bertz CT molecular complexity index is 79.3. The summed E-state index contributed by atoms with van der Waals surface area (Å²) in [6.45, 7) is 3.04. The molecule has 1 saturated carbocycles. The Balaban J connectivity index is 1.91. The van der Waals surface area contributed by atoms with Crippen LogP contribution in [0.5, 0.6) is 0 Å². The van der Waals surface area contributed by atoms with Gasteiger partial charge in [0.15, 0.2) is 9.76 Å². The van der Waals surface area contributed by atoms with Crippen molar-refractivity contribution in [2.75, 3.05) is 6.61 Å². The van der Waals surface area contributed by atoms with Crippen molar-refractivity contribution < 1.29 is 4.43 Å². The fourth-order valence-corrected chi connectivity index (χ4v) is 3.06. The molecule has 0 aromatic heterocycles. The molecule has 0 amide bonds. The zero-order valence-electron chi connectivity index (χ0n) is 6.94. The zero-order valence-corrected chi connectivity index (χ0v) is 8.35. The van der Waals surface area contributed by atoms with Crippen LogP contribution in [-0.2, 0) is 4.43 Å². The van der Waals surface area contributed by atoms with E-state index in [-0.39, 0.29) is 9.76 Å². The molecular weight excluding hydrogens is 140 g/mol. The van der Waals surface area contributed by atoms with Crippen molar-refractivity contribution in [2.24, 2.45) is 5.92 Å². The van der Waals surface area contributed by atoms with E-state index >= 15 is 0 Å². The Hall–Kier alpha value is 0.177. The Morgan fingerprint density at radius 3 is 2.70 bits per heavy atom. The van der Waals surface area contributed by atoms with Gasteiger partial charge < -0.3 is 4.43 Å². The van der Waals surface area contributed by atoms with Gasteiger partial charge in [-0.3, -0.25) is 0 Å². The summed E-state index contributed by atoms with van der Waals surface area (Å²) in [4.78, 5) is 0. The molecule has 0 aliphatic heterocycles. The van der Waals surface area contributed by atoms with Gasteiger partial charge >= 0.3 is 0 Å². The van der Waals surface area contributed by atoms with Gasteiger partial charge in [-0.25, -0.2) is 0 Å². The SMILES string of the molecule is CCO[SiH2]CC1CCCC1. The standard InChI is InChI=1S/C8H18OSi/c1-2-9-10-7-8-5-3-4-6-8/h8H,2-7,10H2,1H3. The Morgan fingerprint density at radius 2 is 2.10 bits per heavy atom. The minimum absolute atomic E-state index is 0.118. The molecule has 0 unspecified atom stereocenters. The zero-order chi connectivity index (χ0) is 7.23. The summed E-state index contributed by atoms with van der Waals surface area (Å²) >= 11 is 0. The lowest BCUT2D eigenvalue weighted by atomic mass is 10.1. The summed E-state index contributed by atoms with van der Waals surface area (Å²) in [5.41, 5.74) is 0. The quantitative estimate of drug-likeness (QED) is 0.447. The van der Waals surface area contributed by atoms with Crippen LogP contribution in [0.3, 0.4) is 0 Å². The fourth-order valence-electron chi connectivity index (χ4n) is 1.69. The summed E-state index contributed by atoms with van der Waals surface area (Å²) in [6.07, 6.45) is 5.93. The van der Waals surface area contributed by atoms with E-state index in [0.29, 0.717) is 0 Å². The first-order valence-corrected chi connectivity index (χ1v) is 6.09. The predicted molar refractivity (Wildman–Crippen MR) is 46.9 cm³/mol. The van der Waals surface area contributed by atoms with Crippen molar-refractivity contribution in [3.05, 3.63) is 0 Å². The van der Waals surface area contributed by atoms with Crippen LogP contribution in [0.4, 0.5) is 0 Å². The second-order valence-electron chi connectivity index (χ2n) is 3.14. The topological polar surface area (TPSA) is 9.23 Å². The Labute approximate surface area is 66.1 Å². The van der Waals surface area contributed by atoms with Crippen LogP contribution in [0.15, 0.2) is 0 Å². The summed E-state index contributed by atoms with van der Waals surface area (Å²) in [5.74, 6) is 1.05. The predicted octanol–water partition coefficient (Wildman–Crippen LogP) is 1.72. The molecule has 0 saturated heterocycles. The van der Waals surface area contributed by atoms with Crippen molar-refractivity contribution in [2.45, 2.75) is 38.7 Å². The molecule has 0 aromatic carbocycles. The van der Waals surface area contributed by atoms with Crippen LogP contribution in [0.1, 0.15) is 32.6 Å². The molecule has 0 radical (unpaired) electrons. The monoisotopic (exact) mass is 158 g/mol. The maximum atomic E-state index is 5.43. The van der Waals surface area contributed by atoms with E-state index in [1.807, 2.05) is 0 Å². The molecule has 0 N–H and O–H groups in total. The van der Waals surface area contributed by atoms with Crippen LogP contribution in [-0.4, -0.2) is 16.4 Å². The summed E-state index contributed by atoms with van der Waals surface area (Å²) in [6, 6.07) is 1.44. The lowest BCUT2D eigenvalue weighted by Crippen LogP contribution is -2.03. The molecule has 1 rings (SSSR count). The first kappa shape index (κ1) is 8.28. The van der Waals surface area contributed by atoms with Crippen LogP contribution in [0, 0.1) is 5.92 Å². The lowest BCUT2D eigenvalue weighted by molar-refractivity contribution is 0.354. The summed E-state index contributed by atoms with van der Waals surface area (Å²) < 4.78 is 5.43. The van der Waals surface area contributed by atoms with Crippen LogP contribution in [0.2, 0.25) is 6.04 Å². The van der Waals surface area contributed by atoms with Crippen LogP contribution in [0.25, 0.3) is 0 Å². The molecule has 0 bridgehead atoms. The highest BCUT2D eigenvalue weighted by molar-refractivity contribution is 6.27. The van der Waals surface area contributed by atoms with E-state index in [2.05, 4.69) is 6.92 Å². The van der Waals surface area contributed by atoms with Crippen molar-refractivity contribution in [3.63, 3.8) is 0 Å². The minimum atomic E-state index is -0.118. The minimum Gasteiger partial charge on any atom is -0.424 e. The van der Waals surface area contributed by atoms with Crippen LogP contribution < -0.4 is 0 Å². The van der Waals surface area contributed by atoms with Gasteiger partial charge in [0.05, 0.1) is 0 Å². The molecule has 1 nitrogen and oxygen atoms in total. The van der Waals surface area contributed by atoms with Gasteiger partial charge in [0.2, 0.25) is 0 Å². The van der Waals surface area contributed by atoms with E-state index < -0.39 is 0 Å². The number of hydrogen-bond acceptors (Lipinski definition) is 1. The van der Waals surface area contributed by atoms with Crippen molar-refractivity contribution in [3.8, 4) is 0 Å². The largest absolute Gasteiger partial charge is 0.424 e. The average molecular weight is 158 g/mol. The molecule has 1 aliphatic rings. The summed E-state index contributed by atoms with van der Waals surface area (Å²) in [7, 11) is -0.118. The third-order valence-corrected chi connectivity index (χ3v) is 4.10. The molecule has 60 valence electrons. The van der Waals surface area contributed by atoms with Gasteiger partial charge in [-0.2, -0.15) is 0 Å². The molecule has 1 fully saturated rings. The first-order valence-electron chi connectivity index (χ1n) is 4.51. The first-order chi connectivity index (χ1) is 4.93. The van der Waals surface area contributed by atoms with Gasteiger partial charge in [-0.05, 0) is 18.9 Å². The molecule has 10 heavy (non-hydrogen) atoms. The number of hydrogen-bond donors (Lipinski definition) is 0. The van der Waals surface area contributed by atoms with Crippen molar-refractivity contribution in [1.29, 1.82) is 0 Å². The maximum absolute atomic E-state index is 5.43. The third kappa shape index (κ3) is 2.84. The highest BCUT2D eigenvalue weighted by Crippen LogP contribution is 2.27. The van der Waals surface area contributed by atoms with Crippen LogP contribution >= 0.6 is 0 Å². The van der Waals surface area contributed by atoms with E-state index in [1.54, 1.807) is 0 Å². The highest BCUT2D eigenvalue weighted by Gasteiger charge is 2.14. The van der Waals surface area contributed by atoms with Crippen molar-refractivity contribution >= 4 is 9.76 Å². The summed E-state index contributed by atoms with van der Waals surface area (Å²) in [5, 5.41) is 0. The normalized spacial score (nSPS) is 21.3. The van der Waals surface area contributed by atoms with Gasteiger partial charge in [-0.15, -0.1) is 0 Å². The maximum Gasteiger partial charge on any atom is 0.161 e. The molecule has 0 atom stereocenters. The van der Waals surface area contributed by atoms with E-state index in [0.717, 1.165) is 12.5 Å². The Morgan fingerprint density at radius 1 is 1.40 bits per heavy atom. The van der Waals surface area contributed by atoms with Gasteiger partial charge in [0.25, 0.3) is 0 Å².